The van der Waals surface area contributed by atoms with Crippen molar-refractivity contribution in [2.24, 2.45) is 10.2 Å². The third kappa shape index (κ3) is 4.06. The molecule has 0 aliphatic rings. The Morgan fingerprint density at radius 2 is 1.92 bits per heavy atom. The van der Waals surface area contributed by atoms with Crippen molar-refractivity contribution in [1.82, 2.24) is 4.98 Å². The lowest BCUT2D eigenvalue weighted by Crippen LogP contribution is -2.08. The molecule has 0 spiro atoms. The number of fused-ring (bicyclic) bond motifs is 1. The van der Waals surface area contributed by atoms with Crippen molar-refractivity contribution in [3.8, 4) is 11.6 Å². The highest BCUT2D eigenvalue weighted by atomic mass is 79.9. The van der Waals surface area contributed by atoms with E-state index in [1.807, 2.05) is 38.1 Å². The zero-order valence-corrected chi connectivity index (χ0v) is 15.3. The summed E-state index contributed by atoms with van der Waals surface area (Å²) in [6.07, 6.45) is 0. The monoisotopic (exact) mass is 401 g/mol. The van der Waals surface area contributed by atoms with Gasteiger partial charge >= 0.3 is 5.91 Å². The van der Waals surface area contributed by atoms with Crippen LogP contribution >= 0.6 is 15.9 Å². The number of nitrogens with one attached hydrogen (secondary N) is 1. The second kappa shape index (κ2) is 7.06. The van der Waals surface area contributed by atoms with Gasteiger partial charge in [-0.1, -0.05) is 22.0 Å². The average Bonchev–Trinajstić information content (AvgIpc) is 2.85. The first-order valence-electron chi connectivity index (χ1n) is 7.58. The molecule has 0 unspecified atom stereocenters. The SMILES string of the molecule is Cc1cc(C)cc(OCC(=O)N=Nc2c(O)[nH]c3ccc(Br)cc23)c1. The Morgan fingerprint density at radius 3 is 2.64 bits per heavy atom. The lowest BCUT2D eigenvalue weighted by molar-refractivity contribution is -0.120. The van der Waals surface area contributed by atoms with E-state index in [9.17, 15) is 9.90 Å². The molecule has 0 aliphatic heterocycles. The standard InChI is InChI=1S/C18H16BrN3O3/c1-10-5-11(2)7-13(6-10)25-9-16(23)21-22-17-14-8-12(19)3-4-15(14)20-18(17)24/h3-8,20,24H,9H2,1-2H3. The first-order valence-corrected chi connectivity index (χ1v) is 8.37. The number of hydrogen-bond acceptors (Lipinski definition) is 4. The van der Waals surface area contributed by atoms with Crippen LogP contribution in [0.1, 0.15) is 11.1 Å². The fraction of sp³-hybridized carbons (Fsp3) is 0.167. The molecule has 3 aromatic rings. The number of hydrogen-bond donors (Lipinski definition) is 2. The number of halogens is 1. The van der Waals surface area contributed by atoms with E-state index in [1.165, 1.54) is 0 Å². The van der Waals surface area contributed by atoms with Gasteiger partial charge in [-0.2, -0.15) is 0 Å². The van der Waals surface area contributed by atoms with Crippen LogP contribution < -0.4 is 4.74 Å². The van der Waals surface area contributed by atoms with Crippen molar-refractivity contribution >= 4 is 38.4 Å². The Hall–Kier alpha value is -2.67. The summed E-state index contributed by atoms with van der Waals surface area (Å²) in [5.74, 6) is -0.0669. The summed E-state index contributed by atoms with van der Waals surface area (Å²) in [7, 11) is 0. The number of aromatic nitrogens is 1. The molecule has 0 bridgehead atoms. The van der Waals surface area contributed by atoms with Gasteiger partial charge in [0.15, 0.2) is 12.3 Å². The molecule has 25 heavy (non-hydrogen) atoms. The molecule has 0 atom stereocenters. The minimum atomic E-state index is -0.539. The number of aryl methyl sites for hydroxylation is 2. The second-order valence-electron chi connectivity index (χ2n) is 5.72. The van der Waals surface area contributed by atoms with Crippen molar-refractivity contribution < 1.29 is 14.6 Å². The first kappa shape index (κ1) is 17.2. The maximum atomic E-state index is 11.9. The summed E-state index contributed by atoms with van der Waals surface area (Å²) < 4.78 is 6.29. The fourth-order valence-corrected chi connectivity index (χ4v) is 2.89. The van der Waals surface area contributed by atoms with Gasteiger partial charge in [0.05, 0.1) is 5.52 Å². The van der Waals surface area contributed by atoms with E-state index in [2.05, 4.69) is 31.1 Å². The third-order valence-corrected chi connectivity index (χ3v) is 4.03. The quantitative estimate of drug-likeness (QED) is 0.606. The number of ether oxygens (including phenoxy) is 1. The van der Waals surface area contributed by atoms with Gasteiger partial charge in [0.1, 0.15) is 5.75 Å². The Kier molecular flexibility index (Phi) is 4.85. The molecule has 6 nitrogen and oxygen atoms in total. The Bertz CT molecular complexity index is 959. The van der Waals surface area contributed by atoms with Gasteiger partial charge in [0, 0.05) is 9.86 Å². The van der Waals surface area contributed by atoms with Crippen molar-refractivity contribution in [1.29, 1.82) is 0 Å². The minimum absolute atomic E-state index is 0.139. The van der Waals surface area contributed by atoms with E-state index in [0.717, 1.165) is 15.6 Å². The summed E-state index contributed by atoms with van der Waals surface area (Å²) in [6.45, 7) is 3.69. The Labute approximate surface area is 152 Å². The normalized spacial score (nSPS) is 11.3. The predicted octanol–water partition coefficient (Wildman–Crippen LogP) is 4.94. The number of azo groups is 1. The average molecular weight is 402 g/mol. The molecule has 3 rings (SSSR count). The highest BCUT2D eigenvalue weighted by Crippen LogP contribution is 2.36. The van der Waals surface area contributed by atoms with Crippen molar-refractivity contribution in [2.45, 2.75) is 13.8 Å². The highest BCUT2D eigenvalue weighted by molar-refractivity contribution is 9.10. The number of aromatic hydroxyl groups is 1. The molecule has 1 amide bonds. The summed E-state index contributed by atoms with van der Waals surface area (Å²) in [4.78, 5) is 14.7. The van der Waals surface area contributed by atoms with Crippen molar-refractivity contribution in [3.63, 3.8) is 0 Å². The van der Waals surface area contributed by atoms with Crippen LogP contribution in [-0.4, -0.2) is 22.6 Å². The second-order valence-corrected chi connectivity index (χ2v) is 6.63. The van der Waals surface area contributed by atoms with Gasteiger partial charge in [-0.15, -0.1) is 10.2 Å². The summed E-state index contributed by atoms with van der Waals surface area (Å²) in [6, 6.07) is 11.1. The number of amides is 1. The third-order valence-electron chi connectivity index (χ3n) is 3.53. The molecule has 0 fully saturated rings. The van der Waals surface area contributed by atoms with Gasteiger partial charge in [-0.05, 0) is 55.3 Å². The van der Waals surface area contributed by atoms with E-state index in [4.69, 9.17) is 4.74 Å². The first-order chi connectivity index (χ1) is 11.9. The van der Waals surface area contributed by atoms with Crippen LogP contribution in [0.15, 0.2) is 51.1 Å². The number of aromatic amines is 1. The van der Waals surface area contributed by atoms with Crippen LogP contribution in [0.4, 0.5) is 5.69 Å². The van der Waals surface area contributed by atoms with Crippen LogP contribution in [0.25, 0.3) is 10.9 Å². The summed E-state index contributed by atoms with van der Waals surface area (Å²) in [5, 5.41) is 18.1. The molecule has 7 heteroatoms. The van der Waals surface area contributed by atoms with E-state index in [0.29, 0.717) is 16.7 Å². The van der Waals surface area contributed by atoms with E-state index in [-0.39, 0.29) is 18.2 Å². The zero-order valence-electron chi connectivity index (χ0n) is 13.7. The van der Waals surface area contributed by atoms with Crippen LogP contribution in [0.2, 0.25) is 0 Å². The van der Waals surface area contributed by atoms with Crippen molar-refractivity contribution in [2.75, 3.05) is 6.61 Å². The Balaban J connectivity index is 1.72. The zero-order chi connectivity index (χ0) is 18.0. The van der Waals surface area contributed by atoms with Gasteiger partial charge < -0.3 is 14.8 Å². The van der Waals surface area contributed by atoms with Crippen LogP contribution in [0, 0.1) is 13.8 Å². The van der Waals surface area contributed by atoms with Crippen LogP contribution in [-0.2, 0) is 4.79 Å². The fourth-order valence-electron chi connectivity index (χ4n) is 2.53. The molecule has 0 aliphatic carbocycles. The number of carbonyl (C=O) groups excluding carboxylic acids is 1. The lowest BCUT2D eigenvalue weighted by Gasteiger charge is -2.05. The lowest BCUT2D eigenvalue weighted by atomic mass is 10.1. The van der Waals surface area contributed by atoms with Crippen molar-refractivity contribution in [3.05, 3.63) is 52.0 Å². The molecule has 1 heterocycles. The topological polar surface area (TPSA) is 87.0 Å². The number of nitrogens with zero attached hydrogens (tertiary/aromatic N) is 2. The summed E-state index contributed by atoms with van der Waals surface area (Å²) >= 11 is 3.36. The molecular weight excluding hydrogens is 386 g/mol. The van der Waals surface area contributed by atoms with E-state index < -0.39 is 5.91 Å². The van der Waals surface area contributed by atoms with E-state index in [1.54, 1.807) is 12.1 Å². The largest absolute Gasteiger partial charge is 0.493 e. The molecule has 128 valence electrons. The molecule has 1 aromatic heterocycles. The molecule has 2 N–H and O–H groups in total. The van der Waals surface area contributed by atoms with Gasteiger partial charge in [-0.25, -0.2) is 0 Å². The number of benzene rings is 2. The van der Waals surface area contributed by atoms with Crippen LogP contribution in [0.5, 0.6) is 11.6 Å². The van der Waals surface area contributed by atoms with Crippen LogP contribution in [0.3, 0.4) is 0 Å². The van der Waals surface area contributed by atoms with Gasteiger partial charge in [0.25, 0.3) is 0 Å². The molecule has 0 saturated heterocycles. The van der Waals surface area contributed by atoms with Gasteiger partial charge in [0.2, 0.25) is 5.88 Å². The summed E-state index contributed by atoms with van der Waals surface area (Å²) in [5.41, 5.74) is 3.03. The number of rotatable bonds is 4. The number of H-pyrrole nitrogens is 1. The highest BCUT2D eigenvalue weighted by Gasteiger charge is 2.11. The molecule has 2 aromatic carbocycles. The van der Waals surface area contributed by atoms with Gasteiger partial charge in [-0.3, -0.25) is 4.79 Å². The molecule has 0 radical (unpaired) electrons. The van der Waals surface area contributed by atoms with E-state index >= 15 is 0 Å². The maximum absolute atomic E-state index is 11.9. The smallest absolute Gasteiger partial charge is 0.302 e. The molecule has 0 saturated carbocycles. The molecular formula is C18H16BrN3O3. The number of carbonyl (C=O) groups is 1. The minimum Gasteiger partial charge on any atom is -0.493 e. The maximum Gasteiger partial charge on any atom is 0.302 e. The predicted molar refractivity (Wildman–Crippen MR) is 98.6 cm³/mol. The Morgan fingerprint density at radius 1 is 1.20 bits per heavy atom.